The Hall–Kier alpha value is -2.91. The highest BCUT2D eigenvalue weighted by Gasteiger charge is 2.78. The molecule has 3 heterocycles. The number of esters is 3. The van der Waals surface area contributed by atoms with Crippen molar-refractivity contribution in [1.82, 2.24) is 0 Å². The Morgan fingerprint density at radius 3 is 2.47 bits per heavy atom. The Labute approximate surface area is 253 Å². The quantitative estimate of drug-likeness (QED) is 0.187. The number of fused-ring (bicyclic) bond motifs is 4. The van der Waals surface area contributed by atoms with Crippen LogP contribution in [0.2, 0.25) is 0 Å². The van der Waals surface area contributed by atoms with E-state index in [1.54, 1.807) is 32.4 Å². The van der Waals surface area contributed by atoms with Crippen molar-refractivity contribution < 1.29 is 42.5 Å². The predicted molar refractivity (Wildman–Crippen MR) is 155 cm³/mol. The fraction of sp³-hybridized carbons (Fsp3) is 0.676. The number of carbonyl (C=O) groups is 3. The molecule has 0 amide bonds. The molecule has 5 aliphatic rings. The van der Waals surface area contributed by atoms with E-state index in [-0.39, 0.29) is 48.5 Å². The molecule has 9 nitrogen and oxygen atoms in total. The summed E-state index contributed by atoms with van der Waals surface area (Å²) in [5.74, 6) is -1.54. The maximum absolute atomic E-state index is 13.4. The molecule has 0 N–H and O–H groups in total. The molecule has 1 aromatic heterocycles. The summed E-state index contributed by atoms with van der Waals surface area (Å²) >= 11 is 0. The third-order valence-electron chi connectivity index (χ3n) is 12.0. The van der Waals surface area contributed by atoms with Crippen LogP contribution in [0.1, 0.15) is 79.2 Å². The molecular weight excluding hydrogens is 552 g/mol. The minimum absolute atomic E-state index is 0.122. The van der Waals surface area contributed by atoms with E-state index in [2.05, 4.69) is 27.7 Å². The van der Waals surface area contributed by atoms with Gasteiger partial charge in [0, 0.05) is 53.4 Å². The number of ether oxygens (including phenoxy) is 5. The number of furan rings is 1. The summed E-state index contributed by atoms with van der Waals surface area (Å²) in [6.45, 7) is 13.9. The van der Waals surface area contributed by atoms with Crippen LogP contribution in [0.4, 0.5) is 0 Å². The molecule has 2 aliphatic heterocycles. The van der Waals surface area contributed by atoms with Crippen LogP contribution < -0.4 is 0 Å². The van der Waals surface area contributed by atoms with E-state index >= 15 is 0 Å². The Kier molecular flexibility index (Phi) is 7.24. The first-order chi connectivity index (χ1) is 20.3. The van der Waals surface area contributed by atoms with Gasteiger partial charge in [-0.05, 0) is 50.3 Å². The SMILES string of the molecule is CC=C(C)C(=O)O[C@H]1C[C@H](OC(C)=O)[C@@]2(C)CO[C@H]3[C@H]4O[C@@H]5C[C@@H](c6ccoc6)C(C)=C5[C@@]4(C)[C@H](CC(=O)OC)[C@]1(C)[C@@H]32. The summed E-state index contributed by atoms with van der Waals surface area (Å²) < 4.78 is 36.8. The number of rotatable bonds is 6. The van der Waals surface area contributed by atoms with Gasteiger partial charge < -0.3 is 28.1 Å². The van der Waals surface area contributed by atoms with Crippen LogP contribution in [0.3, 0.4) is 0 Å². The molecule has 0 unspecified atom stereocenters. The van der Waals surface area contributed by atoms with Gasteiger partial charge in [0.25, 0.3) is 0 Å². The number of methoxy groups -OCH3 is 1. The van der Waals surface area contributed by atoms with Crippen LogP contribution >= 0.6 is 0 Å². The smallest absolute Gasteiger partial charge is 0.333 e. The lowest BCUT2D eigenvalue weighted by molar-refractivity contribution is -0.251. The predicted octanol–water partition coefficient (Wildman–Crippen LogP) is 5.29. The number of hydrogen-bond acceptors (Lipinski definition) is 9. The zero-order valence-electron chi connectivity index (χ0n) is 26.4. The summed E-state index contributed by atoms with van der Waals surface area (Å²) in [5, 5.41) is 0. The number of hydrogen-bond donors (Lipinski definition) is 0. The first-order valence-corrected chi connectivity index (χ1v) is 15.4. The van der Waals surface area contributed by atoms with E-state index in [9.17, 15) is 14.4 Å². The van der Waals surface area contributed by atoms with Crippen LogP contribution in [-0.4, -0.2) is 62.1 Å². The highest BCUT2D eigenvalue weighted by Crippen LogP contribution is 2.74. The highest BCUT2D eigenvalue weighted by molar-refractivity contribution is 5.87. The second kappa shape index (κ2) is 10.3. The monoisotopic (exact) mass is 596 g/mol. The average molecular weight is 597 g/mol. The van der Waals surface area contributed by atoms with Gasteiger partial charge in [-0.25, -0.2) is 4.79 Å². The molecule has 0 radical (unpaired) electrons. The van der Waals surface area contributed by atoms with Crippen molar-refractivity contribution in [2.75, 3.05) is 13.7 Å². The van der Waals surface area contributed by atoms with Crippen LogP contribution in [0.25, 0.3) is 0 Å². The summed E-state index contributed by atoms with van der Waals surface area (Å²) in [4.78, 5) is 39.0. The topological polar surface area (TPSA) is 111 Å². The van der Waals surface area contributed by atoms with Crippen LogP contribution in [0.15, 0.2) is 45.8 Å². The van der Waals surface area contributed by atoms with Gasteiger partial charge in [-0.15, -0.1) is 0 Å². The molecule has 43 heavy (non-hydrogen) atoms. The largest absolute Gasteiger partial charge is 0.472 e. The molecule has 6 rings (SSSR count). The summed E-state index contributed by atoms with van der Waals surface area (Å²) in [7, 11) is 1.41. The maximum Gasteiger partial charge on any atom is 0.333 e. The number of carbonyl (C=O) groups excluding carboxylic acids is 3. The third kappa shape index (κ3) is 4.13. The first kappa shape index (κ1) is 30.1. The van der Waals surface area contributed by atoms with Crippen molar-refractivity contribution in [3.8, 4) is 0 Å². The van der Waals surface area contributed by atoms with E-state index in [0.29, 0.717) is 18.6 Å². The van der Waals surface area contributed by atoms with E-state index in [0.717, 1.165) is 12.0 Å². The average Bonchev–Trinajstić information content (AvgIpc) is 3.73. The Bertz CT molecular complexity index is 1380. The van der Waals surface area contributed by atoms with Gasteiger partial charge in [-0.2, -0.15) is 0 Å². The Morgan fingerprint density at radius 2 is 1.84 bits per heavy atom. The van der Waals surface area contributed by atoms with Gasteiger partial charge >= 0.3 is 17.9 Å². The zero-order chi connectivity index (χ0) is 31.1. The van der Waals surface area contributed by atoms with Crippen LogP contribution in [0.5, 0.6) is 0 Å². The number of allylic oxidation sites excluding steroid dienone is 2. The molecule has 9 heteroatoms. The molecule has 2 saturated heterocycles. The fourth-order valence-electron chi connectivity index (χ4n) is 10.0. The van der Waals surface area contributed by atoms with Crippen molar-refractivity contribution in [3.63, 3.8) is 0 Å². The minimum Gasteiger partial charge on any atom is -0.472 e. The van der Waals surface area contributed by atoms with Crippen LogP contribution in [-0.2, 0) is 38.1 Å². The van der Waals surface area contributed by atoms with E-state index in [1.165, 1.54) is 25.2 Å². The Balaban J connectivity index is 1.55. The summed E-state index contributed by atoms with van der Waals surface area (Å²) in [6.07, 6.45) is 4.39. The zero-order valence-corrected chi connectivity index (χ0v) is 26.4. The summed E-state index contributed by atoms with van der Waals surface area (Å²) in [6, 6.07) is 2.00. The molecule has 0 aromatic carbocycles. The lowest BCUT2D eigenvalue weighted by Gasteiger charge is -2.65. The van der Waals surface area contributed by atoms with Gasteiger partial charge in [-0.1, -0.05) is 32.4 Å². The van der Waals surface area contributed by atoms with Crippen molar-refractivity contribution in [2.24, 2.45) is 28.1 Å². The van der Waals surface area contributed by atoms with Crippen molar-refractivity contribution >= 4 is 17.9 Å². The van der Waals surface area contributed by atoms with E-state index in [1.807, 2.05) is 6.07 Å². The van der Waals surface area contributed by atoms with Gasteiger partial charge in [0.1, 0.15) is 12.2 Å². The molecule has 0 spiro atoms. The van der Waals surface area contributed by atoms with Crippen molar-refractivity contribution in [3.05, 3.63) is 47.0 Å². The lowest BCUT2D eigenvalue weighted by Crippen LogP contribution is -2.71. The minimum atomic E-state index is -0.741. The second-order valence-corrected chi connectivity index (χ2v) is 13.9. The van der Waals surface area contributed by atoms with Gasteiger partial charge in [0.2, 0.25) is 0 Å². The molecular formula is C34H44O9. The molecule has 234 valence electrons. The maximum atomic E-state index is 13.4. The second-order valence-electron chi connectivity index (χ2n) is 13.9. The summed E-state index contributed by atoms with van der Waals surface area (Å²) in [5.41, 5.74) is 2.08. The molecule has 2 saturated carbocycles. The van der Waals surface area contributed by atoms with Gasteiger partial charge in [0.05, 0.1) is 44.6 Å². The lowest BCUT2D eigenvalue weighted by atomic mass is 9.40. The normalized spacial score (nSPS) is 43.1. The van der Waals surface area contributed by atoms with Crippen molar-refractivity contribution in [2.45, 2.75) is 104 Å². The third-order valence-corrected chi connectivity index (χ3v) is 12.0. The van der Waals surface area contributed by atoms with Crippen LogP contribution in [0, 0.1) is 28.1 Å². The highest BCUT2D eigenvalue weighted by atomic mass is 16.6. The molecule has 0 bridgehead atoms. The molecule has 4 fully saturated rings. The van der Waals surface area contributed by atoms with Crippen molar-refractivity contribution in [1.29, 1.82) is 0 Å². The molecule has 3 aliphatic carbocycles. The standard InChI is InChI=1S/C34H44O9/c1-9-17(2)31(37)43-25-14-24(41-19(4)35)32(5)16-40-28-29(32)33(25,6)23(13-26(36)38-8)34(7)27-18(3)21(20-10-11-39-15-20)12-22(27)42-30(28)34/h9-11,15,21-25,28-30H,12-14,16H2,1-8H3/t21-,22-,23-,24+,25+,28-,29+,30-,32-,33+,34-/m1/s1. The molecule has 11 atom stereocenters. The van der Waals surface area contributed by atoms with Gasteiger partial charge in [0.15, 0.2) is 0 Å². The molecule has 1 aromatic rings. The first-order valence-electron chi connectivity index (χ1n) is 15.4. The van der Waals surface area contributed by atoms with Gasteiger partial charge in [-0.3, -0.25) is 9.59 Å². The van der Waals surface area contributed by atoms with E-state index in [4.69, 9.17) is 28.1 Å². The Morgan fingerprint density at radius 1 is 1.09 bits per heavy atom. The fourth-order valence-corrected chi connectivity index (χ4v) is 10.0. The van der Waals surface area contributed by atoms with E-state index < -0.39 is 40.4 Å².